The van der Waals surface area contributed by atoms with E-state index in [0.29, 0.717) is 6.61 Å². The van der Waals surface area contributed by atoms with Crippen molar-refractivity contribution in [2.75, 3.05) is 6.61 Å². The molecule has 0 aliphatic heterocycles. The summed E-state index contributed by atoms with van der Waals surface area (Å²) in [6, 6.07) is 0. The quantitative estimate of drug-likeness (QED) is 0.371. The topological polar surface area (TPSA) is 9.23 Å². The summed E-state index contributed by atoms with van der Waals surface area (Å²) in [5.74, 6) is 0.747. The first-order chi connectivity index (χ1) is 6.52. The lowest BCUT2D eigenvalue weighted by Crippen LogP contribution is -1.90. The Morgan fingerprint density at radius 3 is 2.50 bits per heavy atom. The van der Waals surface area contributed by atoms with Crippen LogP contribution in [0.15, 0.2) is 22.4 Å². The van der Waals surface area contributed by atoms with Gasteiger partial charge in [0.1, 0.15) is 17.4 Å². The number of hydrogen-bond acceptors (Lipinski definition) is 1. The Balaban J connectivity index is 3.61. The van der Waals surface area contributed by atoms with Gasteiger partial charge in [0.2, 0.25) is 0 Å². The fourth-order valence-electron chi connectivity index (χ4n) is 0.920. The van der Waals surface area contributed by atoms with E-state index in [2.05, 4.69) is 26.8 Å². The van der Waals surface area contributed by atoms with Crippen LogP contribution >= 0.6 is 23.2 Å². The van der Waals surface area contributed by atoms with Gasteiger partial charge in [-0.15, -0.1) is 0 Å². The van der Waals surface area contributed by atoms with Crippen LogP contribution in [0.1, 0.15) is 33.6 Å². The lowest BCUT2D eigenvalue weighted by molar-refractivity contribution is 0.288. The van der Waals surface area contributed by atoms with Crippen molar-refractivity contribution >= 4 is 23.2 Å². The van der Waals surface area contributed by atoms with Gasteiger partial charge in [0.15, 0.2) is 0 Å². The van der Waals surface area contributed by atoms with E-state index in [1.807, 2.05) is 0 Å². The van der Waals surface area contributed by atoms with E-state index < -0.39 is 0 Å². The molecule has 0 saturated carbocycles. The molecule has 1 nitrogen and oxygen atoms in total. The summed E-state index contributed by atoms with van der Waals surface area (Å²) in [6.07, 6.45) is 5.73. The molecule has 0 radical (unpaired) electrons. The molecule has 0 aromatic rings. The van der Waals surface area contributed by atoms with Gasteiger partial charge in [-0.25, -0.2) is 0 Å². The third kappa shape index (κ3) is 9.94. The van der Waals surface area contributed by atoms with Gasteiger partial charge in [0.25, 0.3) is 0 Å². The highest BCUT2D eigenvalue weighted by atomic mass is 35.5. The van der Waals surface area contributed by atoms with Crippen molar-refractivity contribution < 1.29 is 4.74 Å². The van der Waals surface area contributed by atoms with Crippen molar-refractivity contribution in [2.45, 2.75) is 33.6 Å². The van der Waals surface area contributed by atoms with Crippen LogP contribution in [0.2, 0.25) is 0 Å². The predicted octanol–water partition coefficient (Wildman–Crippen LogP) is 4.66. The predicted molar refractivity (Wildman–Crippen MR) is 63.6 cm³/mol. The fraction of sp³-hybridized carbons (Fsp3) is 0.636. The van der Waals surface area contributed by atoms with Crippen LogP contribution in [0, 0.1) is 5.92 Å². The van der Waals surface area contributed by atoms with E-state index in [4.69, 9.17) is 27.9 Å². The molecule has 0 N–H and O–H groups in total. The van der Waals surface area contributed by atoms with Crippen LogP contribution in [-0.2, 0) is 4.74 Å². The molecular formula is C11H18Cl2O. The number of rotatable bonds is 6. The van der Waals surface area contributed by atoms with Gasteiger partial charge in [-0.05, 0) is 31.8 Å². The maximum Gasteiger partial charge on any atom is 0.141 e. The maximum atomic E-state index is 5.38. The zero-order chi connectivity index (χ0) is 11.0. The van der Waals surface area contributed by atoms with Crippen LogP contribution in [-0.4, -0.2) is 6.61 Å². The second kappa shape index (κ2) is 8.19. The number of allylic oxidation sites excluding steroid dienone is 1. The molecule has 14 heavy (non-hydrogen) atoms. The number of hydrogen-bond donors (Lipinski definition) is 0. The van der Waals surface area contributed by atoms with E-state index in [1.165, 1.54) is 18.3 Å². The Morgan fingerprint density at radius 1 is 1.36 bits per heavy atom. The fourth-order valence-corrected chi connectivity index (χ4v) is 1.05. The average molecular weight is 237 g/mol. The minimum atomic E-state index is 0.151. The van der Waals surface area contributed by atoms with Crippen molar-refractivity contribution in [3.05, 3.63) is 22.4 Å². The van der Waals surface area contributed by atoms with Crippen LogP contribution < -0.4 is 0 Å². The molecule has 0 heterocycles. The summed E-state index contributed by atoms with van der Waals surface area (Å²) in [5, 5.41) is 0. The largest absolute Gasteiger partial charge is 0.495 e. The zero-order valence-electron chi connectivity index (χ0n) is 9.02. The Bertz CT molecular complexity index is 203. The third-order valence-electron chi connectivity index (χ3n) is 1.82. The van der Waals surface area contributed by atoms with E-state index in [-0.39, 0.29) is 4.49 Å². The molecule has 0 unspecified atom stereocenters. The Labute approximate surface area is 96.7 Å². The summed E-state index contributed by atoms with van der Waals surface area (Å²) in [5.41, 5.74) is 1.35. The van der Waals surface area contributed by atoms with E-state index in [9.17, 15) is 0 Å². The number of halogens is 2. The van der Waals surface area contributed by atoms with Crippen LogP contribution in [0.4, 0.5) is 0 Å². The van der Waals surface area contributed by atoms with Gasteiger partial charge in [-0.1, -0.05) is 42.6 Å². The summed E-state index contributed by atoms with van der Waals surface area (Å²) in [4.78, 5) is 0. The lowest BCUT2D eigenvalue weighted by atomic mass is 10.0. The van der Waals surface area contributed by atoms with Crippen LogP contribution in [0.25, 0.3) is 0 Å². The summed E-state index contributed by atoms with van der Waals surface area (Å²) >= 11 is 10.8. The Hall–Kier alpha value is -0.140. The first-order valence-electron chi connectivity index (χ1n) is 4.80. The van der Waals surface area contributed by atoms with E-state index in [1.54, 1.807) is 0 Å². The molecule has 0 atom stereocenters. The van der Waals surface area contributed by atoms with Gasteiger partial charge in [-0.3, -0.25) is 0 Å². The van der Waals surface area contributed by atoms with Crippen molar-refractivity contribution in [2.24, 2.45) is 5.92 Å². The highest BCUT2D eigenvalue weighted by molar-refractivity contribution is 6.55. The van der Waals surface area contributed by atoms with Crippen molar-refractivity contribution in [1.82, 2.24) is 0 Å². The SMILES string of the molecule is C/C(=C\COC=C(Cl)Cl)CCC(C)C. The molecule has 0 aromatic heterocycles. The molecule has 0 aromatic carbocycles. The van der Waals surface area contributed by atoms with Crippen molar-refractivity contribution in [1.29, 1.82) is 0 Å². The van der Waals surface area contributed by atoms with E-state index in [0.717, 1.165) is 12.3 Å². The van der Waals surface area contributed by atoms with Crippen LogP contribution in [0.5, 0.6) is 0 Å². The van der Waals surface area contributed by atoms with E-state index >= 15 is 0 Å². The highest BCUT2D eigenvalue weighted by Crippen LogP contribution is 2.11. The lowest BCUT2D eigenvalue weighted by Gasteiger charge is -2.04. The van der Waals surface area contributed by atoms with Crippen LogP contribution in [0.3, 0.4) is 0 Å². The zero-order valence-corrected chi connectivity index (χ0v) is 10.5. The molecule has 0 aliphatic carbocycles. The molecule has 0 aliphatic rings. The van der Waals surface area contributed by atoms with Gasteiger partial charge >= 0.3 is 0 Å². The standard InChI is InChI=1S/C11H18Cl2O/c1-9(2)4-5-10(3)6-7-14-8-11(12)13/h6,8-9H,4-5,7H2,1-3H3/b10-6+. The molecule has 0 saturated heterocycles. The minimum Gasteiger partial charge on any atom is -0.495 e. The molecule has 0 amide bonds. The van der Waals surface area contributed by atoms with Crippen molar-refractivity contribution in [3.8, 4) is 0 Å². The molecular weight excluding hydrogens is 219 g/mol. The first-order valence-corrected chi connectivity index (χ1v) is 5.56. The first kappa shape index (κ1) is 13.9. The molecule has 0 bridgehead atoms. The minimum absolute atomic E-state index is 0.151. The molecule has 3 heteroatoms. The summed E-state index contributed by atoms with van der Waals surface area (Å²) in [7, 11) is 0. The van der Waals surface area contributed by atoms with Gasteiger partial charge in [0.05, 0.1) is 0 Å². The second-order valence-electron chi connectivity index (χ2n) is 3.72. The van der Waals surface area contributed by atoms with Gasteiger partial charge in [0, 0.05) is 0 Å². The normalized spacial score (nSPS) is 11.7. The van der Waals surface area contributed by atoms with Crippen molar-refractivity contribution in [3.63, 3.8) is 0 Å². The highest BCUT2D eigenvalue weighted by Gasteiger charge is 1.94. The maximum absolute atomic E-state index is 5.38. The third-order valence-corrected chi connectivity index (χ3v) is 1.99. The Kier molecular flexibility index (Phi) is 8.11. The molecule has 0 rings (SSSR count). The molecule has 0 spiro atoms. The Morgan fingerprint density at radius 2 is 2.00 bits per heavy atom. The average Bonchev–Trinajstić information content (AvgIpc) is 2.08. The molecule has 0 fully saturated rings. The monoisotopic (exact) mass is 236 g/mol. The smallest absolute Gasteiger partial charge is 0.141 e. The number of ether oxygens (including phenoxy) is 1. The molecule has 82 valence electrons. The summed E-state index contributed by atoms with van der Waals surface area (Å²) in [6.45, 7) is 7.09. The van der Waals surface area contributed by atoms with Gasteiger partial charge in [-0.2, -0.15) is 0 Å². The second-order valence-corrected chi connectivity index (χ2v) is 4.73. The van der Waals surface area contributed by atoms with Gasteiger partial charge < -0.3 is 4.74 Å². The summed E-state index contributed by atoms with van der Waals surface area (Å²) < 4.78 is 5.22.